The molecule has 1 unspecified atom stereocenters. The van der Waals surface area contributed by atoms with E-state index in [-0.39, 0.29) is 6.04 Å². The summed E-state index contributed by atoms with van der Waals surface area (Å²) in [5.74, 6) is 0.752. The Hall–Kier alpha value is -2.86. The van der Waals surface area contributed by atoms with E-state index in [1.54, 1.807) is 10.9 Å². The van der Waals surface area contributed by atoms with Gasteiger partial charge < -0.3 is 10.3 Å². The van der Waals surface area contributed by atoms with Gasteiger partial charge in [0, 0.05) is 52.7 Å². The van der Waals surface area contributed by atoms with Gasteiger partial charge in [-0.05, 0) is 18.2 Å². The maximum atomic E-state index is 6.09. The number of aryl methyl sites for hydroxylation is 1. The van der Waals surface area contributed by atoms with Crippen molar-refractivity contribution in [1.29, 1.82) is 0 Å². The number of rotatable bonds is 4. The van der Waals surface area contributed by atoms with E-state index in [1.165, 1.54) is 6.33 Å². The maximum absolute atomic E-state index is 6.09. The molecule has 0 bridgehead atoms. The fraction of sp³-hybridized carbons (Fsp3) is 0.118. The number of hydrogen-bond donors (Lipinski definition) is 2. The summed E-state index contributed by atoms with van der Waals surface area (Å²) in [7, 11) is 1.90. The van der Waals surface area contributed by atoms with Crippen molar-refractivity contribution in [2.75, 3.05) is 5.32 Å². The smallest absolute Gasteiger partial charge is 0.130 e. The summed E-state index contributed by atoms with van der Waals surface area (Å²) in [5, 5.41) is 9.57. The first-order chi connectivity index (χ1) is 11.7. The molecule has 0 saturated carbocycles. The van der Waals surface area contributed by atoms with E-state index in [0.717, 1.165) is 27.8 Å². The van der Waals surface area contributed by atoms with Crippen molar-refractivity contribution in [3.63, 3.8) is 0 Å². The summed E-state index contributed by atoms with van der Waals surface area (Å²) in [6, 6.07) is 7.59. The molecule has 4 aromatic rings. The first kappa shape index (κ1) is 14.7. The molecule has 2 N–H and O–H groups in total. The zero-order valence-corrected chi connectivity index (χ0v) is 13.7. The van der Waals surface area contributed by atoms with Crippen LogP contribution in [0.5, 0.6) is 0 Å². The van der Waals surface area contributed by atoms with Crippen LogP contribution in [0, 0.1) is 0 Å². The van der Waals surface area contributed by atoms with Crippen molar-refractivity contribution in [1.82, 2.24) is 24.7 Å². The van der Waals surface area contributed by atoms with Crippen LogP contribution in [0.25, 0.3) is 10.9 Å². The third-order valence-electron chi connectivity index (χ3n) is 3.92. The molecule has 0 saturated heterocycles. The molecule has 1 aromatic carbocycles. The van der Waals surface area contributed by atoms with E-state index in [2.05, 4.69) is 25.4 Å². The van der Waals surface area contributed by atoms with Crippen LogP contribution in [-0.4, -0.2) is 24.7 Å². The molecule has 0 amide bonds. The van der Waals surface area contributed by atoms with E-state index < -0.39 is 0 Å². The molecule has 0 fully saturated rings. The lowest BCUT2D eigenvalue weighted by Gasteiger charge is -2.17. The Kier molecular flexibility index (Phi) is 3.66. The molecule has 0 aliphatic rings. The van der Waals surface area contributed by atoms with Gasteiger partial charge in [0.05, 0.1) is 12.2 Å². The first-order valence-electron chi connectivity index (χ1n) is 7.48. The molecule has 1 atom stereocenters. The Morgan fingerprint density at radius 1 is 1.29 bits per heavy atom. The van der Waals surface area contributed by atoms with Crippen molar-refractivity contribution in [3.05, 3.63) is 71.5 Å². The Labute approximate surface area is 143 Å². The van der Waals surface area contributed by atoms with E-state index in [9.17, 15) is 0 Å². The van der Waals surface area contributed by atoms with Crippen LogP contribution in [0.2, 0.25) is 5.02 Å². The van der Waals surface area contributed by atoms with Crippen LogP contribution >= 0.6 is 11.6 Å². The van der Waals surface area contributed by atoms with Gasteiger partial charge in [-0.25, -0.2) is 9.97 Å². The summed E-state index contributed by atoms with van der Waals surface area (Å²) in [6.45, 7) is 0. The molecule has 4 rings (SSSR count). The zero-order valence-electron chi connectivity index (χ0n) is 12.9. The van der Waals surface area contributed by atoms with Gasteiger partial charge >= 0.3 is 0 Å². The predicted octanol–water partition coefficient (Wildman–Crippen LogP) is 3.55. The Balaban J connectivity index is 1.82. The molecule has 0 aliphatic heterocycles. The van der Waals surface area contributed by atoms with Crippen LogP contribution in [0.15, 0.2) is 55.4 Å². The Morgan fingerprint density at radius 3 is 2.96 bits per heavy atom. The highest BCUT2D eigenvalue weighted by atomic mass is 35.5. The van der Waals surface area contributed by atoms with Gasteiger partial charge in [0.1, 0.15) is 12.1 Å². The Bertz CT molecular complexity index is 975. The summed E-state index contributed by atoms with van der Waals surface area (Å²) in [4.78, 5) is 11.5. The molecule has 0 radical (unpaired) electrons. The molecule has 3 heterocycles. The molecule has 3 aromatic heterocycles. The van der Waals surface area contributed by atoms with Gasteiger partial charge in [0.2, 0.25) is 0 Å². The maximum Gasteiger partial charge on any atom is 0.130 e. The molecule has 0 aliphatic carbocycles. The number of fused-ring (bicyclic) bond motifs is 1. The normalized spacial score (nSPS) is 12.4. The van der Waals surface area contributed by atoms with E-state index >= 15 is 0 Å². The highest BCUT2D eigenvalue weighted by molar-refractivity contribution is 6.31. The van der Waals surface area contributed by atoms with Gasteiger partial charge in [-0.15, -0.1) is 0 Å². The summed E-state index contributed by atoms with van der Waals surface area (Å²) < 4.78 is 1.79. The minimum Gasteiger partial charge on any atom is -0.361 e. The van der Waals surface area contributed by atoms with Crippen molar-refractivity contribution in [2.45, 2.75) is 6.04 Å². The van der Waals surface area contributed by atoms with Crippen LogP contribution in [0.4, 0.5) is 5.82 Å². The van der Waals surface area contributed by atoms with Crippen LogP contribution in [0.1, 0.15) is 17.2 Å². The van der Waals surface area contributed by atoms with Crippen LogP contribution in [-0.2, 0) is 7.05 Å². The third kappa shape index (κ3) is 2.72. The van der Waals surface area contributed by atoms with Crippen molar-refractivity contribution in [3.8, 4) is 0 Å². The standard InChI is InChI=1S/C17H15ClN6/c1-24-9-11(7-22-24)17(23-16-4-5-19-10-21-16)14-8-20-15-6-12(18)2-3-13(14)15/h2-10,17,20H,1H3,(H,19,21,23). The second-order valence-corrected chi connectivity index (χ2v) is 5.99. The zero-order chi connectivity index (χ0) is 16.5. The minimum atomic E-state index is -0.0940. The Morgan fingerprint density at radius 2 is 2.21 bits per heavy atom. The predicted molar refractivity (Wildman–Crippen MR) is 94.0 cm³/mol. The highest BCUT2D eigenvalue weighted by Gasteiger charge is 2.20. The number of nitrogens with zero attached hydrogens (tertiary/aromatic N) is 4. The lowest BCUT2D eigenvalue weighted by atomic mass is 10.0. The number of aromatic amines is 1. The number of nitrogens with one attached hydrogen (secondary N) is 2. The molecule has 0 spiro atoms. The SMILES string of the molecule is Cn1cc(C(Nc2ccncn2)c2c[nH]c3cc(Cl)ccc23)cn1. The number of benzene rings is 1. The fourth-order valence-electron chi connectivity index (χ4n) is 2.81. The first-order valence-corrected chi connectivity index (χ1v) is 7.86. The summed E-state index contributed by atoms with van der Waals surface area (Å²) in [5.41, 5.74) is 3.15. The largest absolute Gasteiger partial charge is 0.361 e. The minimum absolute atomic E-state index is 0.0940. The average molecular weight is 339 g/mol. The number of hydrogen-bond acceptors (Lipinski definition) is 4. The monoisotopic (exact) mass is 338 g/mol. The lowest BCUT2D eigenvalue weighted by Crippen LogP contribution is -2.12. The second-order valence-electron chi connectivity index (χ2n) is 5.55. The van der Waals surface area contributed by atoms with Crippen molar-refractivity contribution in [2.24, 2.45) is 7.05 Å². The summed E-state index contributed by atoms with van der Waals surface area (Å²) >= 11 is 6.09. The molecule has 24 heavy (non-hydrogen) atoms. The highest BCUT2D eigenvalue weighted by Crippen LogP contribution is 2.32. The van der Waals surface area contributed by atoms with Gasteiger partial charge in [-0.1, -0.05) is 17.7 Å². The topological polar surface area (TPSA) is 71.4 Å². The lowest BCUT2D eigenvalue weighted by molar-refractivity contribution is 0.766. The number of H-pyrrole nitrogens is 1. The average Bonchev–Trinajstić information content (AvgIpc) is 3.19. The van der Waals surface area contributed by atoms with E-state index in [1.807, 2.05) is 49.9 Å². The van der Waals surface area contributed by atoms with Gasteiger partial charge in [0.25, 0.3) is 0 Å². The van der Waals surface area contributed by atoms with Gasteiger partial charge in [-0.2, -0.15) is 5.10 Å². The van der Waals surface area contributed by atoms with Crippen molar-refractivity contribution >= 4 is 28.3 Å². The third-order valence-corrected chi connectivity index (χ3v) is 4.15. The molecular weight excluding hydrogens is 324 g/mol. The van der Waals surface area contributed by atoms with Crippen molar-refractivity contribution < 1.29 is 0 Å². The summed E-state index contributed by atoms with van der Waals surface area (Å²) in [6.07, 6.45) is 9.08. The van der Waals surface area contributed by atoms with E-state index in [4.69, 9.17) is 11.6 Å². The second kappa shape index (κ2) is 5.98. The van der Waals surface area contributed by atoms with Gasteiger partial charge in [0.15, 0.2) is 0 Å². The number of anilines is 1. The quantitative estimate of drug-likeness (QED) is 0.597. The van der Waals surface area contributed by atoms with Crippen LogP contribution < -0.4 is 5.32 Å². The molecule has 6 nitrogen and oxygen atoms in total. The van der Waals surface area contributed by atoms with Crippen LogP contribution in [0.3, 0.4) is 0 Å². The molecule has 7 heteroatoms. The number of halogens is 1. The number of aromatic nitrogens is 5. The fourth-order valence-corrected chi connectivity index (χ4v) is 2.99. The van der Waals surface area contributed by atoms with Gasteiger partial charge in [-0.3, -0.25) is 4.68 Å². The molecule has 120 valence electrons. The van der Waals surface area contributed by atoms with E-state index in [0.29, 0.717) is 5.02 Å². The molecular formula is C17H15ClN6.